The molecule has 0 N–H and O–H groups in total. The molecule has 3 rings (SSSR count). The van der Waals surface area contributed by atoms with E-state index in [0.29, 0.717) is 10.7 Å². The fraction of sp³-hybridized carbons (Fsp3) is 0. The van der Waals surface area contributed by atoms with E-state index in [1.54, 1.807) is 18.2 Å². The Morgan fingerprint density at radius 1 is 0.857 bits per heavy atom. The first-order valence-corrected chi connectivity index (χ1v) is 6.80. The zero-order valence-corrected chi connectivity index (χ0v) is 11.8. The maximum atomic E-state index is 10.8. The van der Waals surface area contributed by atoms with E-state index in [1.807, 2.05) is 42.5 Å². The highest BCUT2D eigenvalue weighted by atomic mass is 35.5. The van der Waals surface area contributed by atoms with Gasteiger partial charge in [-0.25, -0.2) is 0 Å². The van der Waals surface area contributed by atoms with E-state index in [0.717, 1.165) is 28.7 Å². The number of hydrogen-bond donors (Lipinski definition) is 0. The van der Waals surface area contributed by atoms with Gasteiger partial charge in [0.2, 0.25) is 0 Å². The molecule has 0 saturated carbocycles. The lowest BCUT2D eigenvalue weighted by Gasteiger charge is -2.09. The fourth-order valence-corrected chi connectivity index (χ4v) is 2.29. The molecule has 0 bridgehead atoms. The van der Waals surface area contributed by atoms with Crippen molar-refractivity contribution in [3.05, 3.63) is 71.4 Å². The fourth-order valence-electron chi connectivity index (χ4n) is 2.14. The average Bonchev–Trinajstić information content (AvgIpc) is 2.56. The monoisotopic (exact) mass is 294 g/mol. The molecular weight excluding hydrogens is 284 g/mol. The zero-order valence-electron chi connectivity index (χ0n) is 11.0. The van der Waals surface area contributed by atoms with Gasteiger partial charge in [-0.1, -0.05) is 66.2 Å². The standard InChI is InChI=1S/C17H11ClN2O/c18-16-10-15(13-8-6-12(11-21)7-9-13)17(20-19-16)14-4-2-1-3-5-14/h1-11H. The van der Waals surface area contributed by atoms with Gasteiger partial charge in [0.15, 0.2) is 5.15 Å². The quantitative estimate of drug-likeness (QED) is 0.677. The third-order valence-corrected chi connectivity index (χ3v) is 3.35. The number of hydrogen-bond acceptors (Lipinski definition) is 3. The molecule has 0 radical (unpaired) electrons. The van der Waals surface area contributed by atoms with Gasteiger partial charge in [0.1, 0.15) is 12.0 Å². The van der Waals surface area contributed by atoms with Crippen LogP contribution in [-0.2, 0) is 0 Å². The van der Waals surface area contributed by atoms with Gasteiger partial charge in [0, 0.05) is 16.7 Å². The Morgan fingerprint density at radius 3 is 2.24 bits per heavy atom. The van der Waals surface area contributed by atoms with Crippen LogP contribution in [0.2, 0.25) is 5.15 Å². The summed E-state index contributed by atoms with van der Waals surface area (Å²) in [6.07, 6.45) is 0.819. The maximum Gasteiger partial charge on any atom is 0.152 e. The first kappa shape index (κ1) is 13.5. The molecule has 102 valence electrons. The molecule has 0 aliphatic heterocycles. The normalized spacial score (nSPS) is 10.3. The number of rotatable bonds is 3. The summed E-state index contributed by atoms with van der Waals surface area (Å²) in [6.45, 7) is 0. The van der Waals surface area contributed by atoms with Gasteiger partial charge in [0.05, 0.1) is 0 Å². The summed E-state index contributed by atoms with van der Waals surface area (Å²) >= 11 is 5.98. The summed E-state index contributed by atoms with van der Waals surface area (Å²) in [7, 11) is 0. The van der Waals surface area contributed by atoms with Gasteiger partial charge in [0.25, 0.3) is 0 Å². The molecule has 3 aromatic rings. The minimum absolute atomic E-state index is 0.337. The lowest BCUT2D eigenvalue weighted by Crippen LogP contribution is -1.93. The lowest BCUT2D eigenvalue weighted by atomic mass is 9.99. The SMILES string of the molecule is O=Cc1ccc(-c2cc(Cl)nnc2-c2ccccc2)cc1. The van der Waals surface area contributed by atoms with Crippen LogP contribution in [0.1, 0.15) is 10.4 Å². The second kappa shape index (κ2) is 5.85. The lowest BCUT2D eigenvalue weighted by molar-refractivity contribution is 0.112. The summed E-state index contributed by atoms with van der Waals surface area (Å²) in [5.41, 5.74) is 4.19. The first-order valence-electron chi connectivity index (χ1n) is 6.42. The molecule has 0 atom stereocenters. The van der Waals surface area contributed by atoms with Crippen LogP contribution in [0.15, 0.2) is 60.7 Å². The molecule has 0 unspecified atom stereocenters. The molecule has 1 aromatic heterocycles. The van der Waals surface area contributed by atoms with Gasteiger partial charge < -0.3 is 0 Å². The smallest absolute Gasteiger partial charge is 0.152 e. The minimum atomic E-state index is 0.337. The molecule has 0 aliphatic rings. The van der Waals surface area contributed by atoms with Crippen molar-refractivity contribution >= 4 is 17.9 Å². The highest BCUT2D eigenvalue weighted by Crippen LogP contribution is 2.31. The molecule has 2 aromatic carbocycles. The van der Waals surface area contributed by atoms with E-state index in [4.69, 9.17) is 11.6 Å². The Labute approximate surface area is 127 Å². The number of carbonyl (C=O) groups excluding carboxylic acids is 1. The summed E-state index contributed by atoms with van der Waals surface area (Å²) in [5.74, 6) is 0. The van der Waals surface area contributed by atoms with Gasteiger partial charge in [-0.2, -0.15) is 0 Å². The van der Waals surface area contributed by atoms with Crippen LogP contribution in [-0.4, -0.2) is 16.5 Å². The summed E-state index contributed by atoms with van der Waals surface area (Å²) in [4.78, 5) is 10.8. The van der Waals surface area contributed by atoms with Crippen molar-refractivity contribution in [3.63, 3.8) is 0 Å². The van der Waals surface area contributed by atoms with Crippen molar-refractivity contribution in [3.8, 4) is 22.4 Å². The van der Waals surface area contributed by atoms with Gasteiger partial charge >= 0.3 is 0 Å². The van der Waals surface area contributed by atoms with Crippen molar-refractivity contribution in [1.82, 2.24) is 10.2 Å². The molecule has 0 amide bonds. The molecule has 1 heterocycles. The Bertz CT molecular complexity index is 771. The number of benzene rings is 2. The first-order chi connectivity index (χ1) is 10.3. The molecule has 0 aliphatic carbocycles. The predicted octanol–water partition coefficient (Wildman–Crippen LogP) is 4.28. The van der Waals surface area contributed by atoms with Crippen LogP contribution in [0.5, 0.6) is 0 Å². The Morgan fingerprint density at radius 2 is 1.57 bits per heavy atom. The van der Waals surface area contributed by atoms with Gasteiger partial charge in [-0.15, -0.1) is 10.2 Å². The molecular formula is C17H11ClN2O. The van der Waals surface area contributed by atoms with E-state index in [2.05, 4.69) is 10.2 Å². The largest absolute Gasteiger partial charge is 0.298 e. The van der Waals surface area contributed by atoms with Crippen LogP contribution < -0.4 is 0 Å². The second-order valence-corrected chi connectivity index (χ2v) is 4.92. The van der Waals surface area contributed by atoms with Crippen LogP contribution in [0.4, 0.5) is 0 Å². The van der Waals surface area contributed by atoms with Crippen molar-refractivity contribution in [2.45, 2.75) is 0 Å². The number of aldehydes is 1. The molecule has 4 heteroatoms. The van der Waals surface area contributed by atoms with E-state index < -0.39 is 0 Å². The number of nitrogens with zero attached hydrogens (tertiary/aromatic N) is 2. The molecule has 0 saturated heterocycles. The van der Waals surface area contributed by atoms with Crippen molar-refractivity contribution in [2.75, 3.05) is 0 Å². The van der Waals surface area contributed by atoms with E-state index in [-0.39, 0.29) is 0 Å². The number of halogens is 1. The number of carbonyl (C=O) groups is 1. The van der Waals surface area contributed by atoms with Crippen LogP contribution >= 0.6 is 11.6 Å². The topological polar surface area (TPSA) is 42.9 Å². The molecule has 21 heavy (non-hydrogen) atoms. The van der Waals surface area contributed by atoms with Crippen LogP contribution in [0.3, 0.4) is 0 Å². The van der Waals surface area contributed by atoms with Gasteiger partial charge in [-0.05, 0) is 11.6 Å². The van der Waals surface area contributed by atoms with Crippen molar-refractivity contribution < 1.29 is 4.79 Å². The van der Waals surface area contributed by atoms with Crippen molar-refractivity contribution in [2.24, 2.45) is 0 Å². The Balaban J connectivity index is 2.16. The second-order valence-electron chi connectivity index (χ2n) is 4.54. The minimum Gasteiger partial charge on any atom is -0.298 e. The number of aromatic nitrogens is 2. The van der Waals surface area contributed by atoms with E-state index in [1.165, 1.54) is 0 Å². The summed E-state index contributed by atoms with van der Waals surface area (Å²) < 4.78 is 0. The Kier molecular flexibility index (Phi) is 3.75. The molecule has 0 fully saturated rings. The van der Waals surface area contributed by atoms with Crippen LogP contribution in [0, 0.1) is 0 Å². The van der Waals surface area contributed by atoms with E-state index >= 15 is 0 Å². The van der Waals surface area contributed by atoms with Crippen molar-refractivity contribution in [1.29, 1.82) is 0 Å². The van der Waals surface area contributed by atoms with E-state index in [9.17, 15) is 4.79 Å². The maximum absolute atomic E-state index is 10.8. The summed E-state index contributed by atoms with van der Waals surface area (Å²) in [5, 5.41) is 8.49. The highest BCUT2D eigenvalue weighted by molar-refractivity contribution is 6.29. The highest BCUT2D eigenvalue weighted by Gasteiger charge is 2.11. The third-order valence-electron chi connectivity index (χ3n) is 3.17. The third kappa shape index (κ3) is 2.83. The Hall–Kier alpha value is -2.52. The average molecular weight is 295 g/mol. The molecule has 3 nitrogen and oxygen atoms in total. The molecule has 0 spiro atoms. The van der Waals surface area contributed by atoms with Gasteiger partial charge in [-0.3, -0.25) is 4.79 Å². The zero-order chi connectivity index (χ0) is 14.7. The summed E-state index contributed by atoms with van der Waals surface area (Å²) in [6, 6.07) is 18.9. The predicted molar refractivity (Wildman–Crippen MR) is 83.3 cm³/mol. The van der Waals surface area contributed by atoms with Crippen LogP contribution in [0.25, 0.3) is 22.4 Å².